The molecule has 0 radical (unpaired) electrons. The van der Waals surface area contributed by atoms with Crippen LogP contribution in [0.15, 0.2) is 87.5 Å². The number of benzene rings is 2. The Bertz CT molecular complexity index is 1300. The van der Waals surface area contributed by atoms with E-state index in [1.54, 1.807) is 11.3 Å². The molecule has 0 saturated carbocycles. The van der Waals surface area contributed by atoms with Crippen molar-refractivity contribution in [2.24, 2.45) is 10.1 Å². The molecule has 2 aliphatic heterocycles. The van der Waals surface area contributed by atoms with Crippen molar-refractivity contribution in [2.45, 2.75) is 11.9 Å². The van der Waals surface area contributed by atoms with E-state index in [2.05, 4.69) is 5.32 Å². The lowest BCUT2D eigenvalue weighted by atomic mass is 10.1. The van der Waals surface area contributed by atoms with Gasteiger partial charge in [0.2, 0.25) is 0 Å². The molecule has 3 heterocycles. The first kappa shape index (κ1) is 19.7. The number of fused-ring (bicyclic) bond motifs is 2. The molecule has 1 amide bonds. The van der Waals surface area contributed by atoms with E-state index < -0.39 is 6.17 Å². The van der Waals surface area contributed by atoms with Gasteiger partial charge in [0.05, 0.1) is 11.6 Å². The fourth-order valence-corrected chi connectivity index (χ4v) is 4.28. The van der Waals surface area contributed by atoms with Gasteiger partial charge in [0.15, 0.2) is 11.3 Å². The summed E-state index contributed by atoms with van der Waals surface area (Å²) in [6.07, 6.45) is 4.86. The van der Waals surface area contributed by atoms with Crippen LogP contribution in [0.5, 0.6) is 0 Å². The molecule has 3 aromatic rings. The van der Waals surface area contributed by atoms with E-state index >= 15 is 0 Å². The van der Waals surface area contributed by atoms with Gasteiger partial charge in [-0.3, -0.25) is 15.1 Å². The molecule has 0 aliphatic carbocycles. The summed E-state index contributed by atoms with van der Waals surface area (Å²) in [5.74, 6) is 1.16. The Kier molecular flexibility index (Phi) is 5.36. The van der Waals surface area contributed by atoms with Gasteiger partial charge in [-0.15, -0.1) is 5.10 Å². The summed E-state index contributed by atoms with van der Waals surface area (Å²) in [5.41, 5.74) is 1.57. The monoisotopic (exact) mass is 448 g/mol. The lowest BCUT2D eigenvalue weighted by molar-refractivity contribution is -0.116. The zero-order valence-corrected chi connectivity index (χ0v) is 17.8. The molecule has 8 heteroatoms. The molecule has 154 valence electrons. The fraction of sp³-hybridized carbons (Fsp3) is 0.0870. The van der Waals surface area contributed by atoms with Crippen molar-refractivity contribution >= 4 is 46.2 Å². The molecule has 0 fully saturated rings. The van der Waals surface area contributed by atoms with E-state index in [-0.39, 0.29) is 5.91 Å². The summed E-state index contributed by atoms with van der Waals surface area (Å²) < 4.78 is 5.39. The highest BCUT2D eigenvalue weighted by Gasteiger charge is 2.32. The van der Waals surface area contributed by atoms with Crippen molar-refractivity contribution in [3.8, 4) is 0 Å². The number of carbonyl (C=O) groups is 1. The first-order chi connectivity index (χ1) is 15.2. The number of carbonyl (C=O) groups excluding carboxylic acids is 1. The van der Waals surface area contributed by atoms with Crippen molar-refractivity contribution in [2.75, 3.05) is 0 Å². The third-order valence-electron chi connectivity index (χ3n) is 4.81. The topological polar surface area (TPSA) is 70.2 Å². The Morgan fingerprint density at radius 1 is 1.13 bits per heavy atom. The quantitative estimate of drug-likeness (QED) is 0.664. The molecule has 6 nitrogen and oxygen atoms in total. The zero-order chi connectivity index (χ0) is 21.2. The Morgan fingerprint density at radius 3 is 2.77 bits per heavy atom. The van der Waals surface area contributed by atoms with Gasteiger partial charge in [-0.05, 0) is 48.0 Å². The number of amidine groups is 1. The average molecular weight is 449 g/mol. The summed E-state index contributed by atoms with van der Waals surface area (Å²) in [6.45, 7) is 0. The smallest absolute Gasteiger partial charge is 0.276 e. The predicted molar refractivity (Wildman–Crippen MR) is 122 cm³/mol. The Labute approximate surface area is 187 Å². The lowest BCUT2D eigenvalue weighted by Crippen LogP contribution is -2.52. The third kappa shape index (κ3) is 4.15. The molecule has 31 heavy (non-hydrogen) atoms. The lowest BCUT2D eigenvalue weighted by Gasteiger charge is -2.32. The van der Waals surface area contributed by atoms with Gasteiger partial charge in [0.25, 0.3) is 5.91 Å². The van der Waals surface area contributed by atoms with Crippen molar-refractivity contribution in [3.63, 3.8) is 0 Å². The number of nitrogens with zero attached hydrogens (tertiary/aromatic N) is 3. The molecule has 0 unspecified atom stereocenters. The van der Waals surface area contributed by atoms with Crippen molar-refractivity contribution in [1.82, 2.24) is 10.3 Å². The summed E-state index contributed by atoms with van der Waals surface area (Å²) in [6, 6.07) is 18.9. The van der Waals surface area contributed by atoms with Crippen LogP contribution in [0.2, 0.25) is 5.02 Å². The first-order valence-corrected chi connectivity index (χ1v) is 11.0. The Balaban J connectivity index is 1.49. The minimum absolute atomic E-state index is 0.202. The van der Waals surface area contributed by atoms with E-state index in [1.807, 2.05) is 72.8 Å². The SMILES string of the molecule is O=C1NC(SCc2ccc(Cl)cc2)=NN2C1=c1ccccc1=N[C@H]2/C=C/c1ccco1. The molecule has 0 saturated heterocycles. The summed E-state index contributed by atoms with van der Waals surface area (Å²) in [5, 5.41) is 12.0. The summed E-state index contributed by atoms with van der Waals surface area (Å²) in [4.78, 5) is 17.8. The number of para-hydroxylation sites is 1. The number of furan rings is 1. The molecular weight excluding hydrogens is 432 g/mol. The molecule has 1 aromatic heterocycles. The van der Waals surface area contributed by atoms with E-state index in [9.17, 15) is 4.79 Å². The van der Waals surface area contributed by atoms with E-state index in [4.69, 9.17) is 26.1 Å². The van der Waals surface area contributed by atoms with Gasteiger partial charge in [-0.2, -0.15) is 0 Å². The summed E-state index contributed by atoms with van der Waals surface area (Å²) in [7, 11) is 0. The molecule has 1 atom stereocenters. The molecular formula is C23H17ClN4O2S. The Hall–Kier alpha value is -3.29. The second-order valence-electron chi connectivity index (χ2n) is 6.90. The minimum atomic E-state index is -0.466. The van der Waals surface area contributed by atoms with Crippen molar-refractivity contribution in [1.29, 1.82) is 0 Å². The van der Waals surface area contributed by atoms with Crippen LogP contribution in [0.3, 0.4) is 0 Å². The van der Waals surface area contributed by atoms with E-state index in [0.29, 0.717) is 27.4 Å². The van der Waals surface area contributed by atoms with Gasteiger partial charge in [0, 0.05) is 16.0 Å². The summed E-state index contributed by atoms with van der Waals surface area (Å²) >= 11 is 7.41. The molecule has 2 aromatic carbocycles. The average Bonchev–Trinajstić information content (AvgIpc) is 3.30. The standard InChI is InChI=1S/C23H17ClN4O2S/c24-16-9-7-15(8-10-16)14-31-23-26-22(29)21-18-5-1-2-6-19(18)25-20(28(21)27-23)12-11-17-4-3-13-30-17/h1-13,20H,14H2,(H,26,27,29)/b12-11+/t20-/m1/s1. The second-order valence-corrected chi connectivity index (χ2v) is 8.30. The maximum absolute atomic E-state index is 13.1. The molecule has 0 spiro atoms. The van der Waals surface area contributed by atoms with Gasteiger partial charge in [-0.25, -0.2) is 5.01 Å². The molecule has 0 bridgehead atoms. The number of rotatable bonds is 4. The van der Waals surface area contributed by atoms with E-state index in [0.717, 1.165) is 16.1 Å². The largest absolute Gasteiger partial charge is 0.465 e. The predicted octanol–water partition coefficient (Wildman–Crippen LogP) is 3.35. The number of nitrogens with one attached hydrogen (secondary N) is 1. The number of halogens is 1. The van der Waals surface area contributed by atoms with E-state index in [1.165, 1.54) is 11.8 Å². The molecule has 2 aliphatic rings. The number of thioether (sulfide) groups is 1. The minimum Gasteiger partial charge on any atom is -0.465 e. The van der Waals surface area contributed by atoms with Gasteiger partial charge in [0.1, 0.15) is 11.5 Å². The fourth-order valence-electron chi connectivity index (χ4n) is 3.34. The molecule has 1 N–H and O–H groups in total. The normalized spacial score (nSPS) is 17.6. The number of amides is 1. The van der Waals surface area contributed by atoms with Crippen molar-refractivity contribution < 1.29 is 9.21 Å². The van der Waals surface area contributed by atoms with Crippen molar-refractivity contribution in [3.05, 3.63) is 99.9 Å². The van der Waals surface area contributed by atoms with Crippen LogP contribution in [0.1, 0.15) is 11.3 Å². The van der Waals surface area contributed by atoms with Crippen LogP contribution >= 0.6 is 23.4 Å². The number of hydrogen-bond acceptors (Lipinski definition) is 6. The molecule has 5 rings (SSSR count). The highest BCUT2D eigenvalue weighted by atomic mass is 35.5. The van der Waals surface area contributed by atoms with Crippen LogP contribution < -0.4 is 15.9 Å². The zero-order valence-electron chi connectivity index (χ0n) is 16.2. The van der Waals surface area contributed by atoms with Crippen LogP contribution in [-0.2, 0) is 10.5 Å². The van der Waals surface area contributed by atoms with Gasteiger partial charge < -0.3 is 4.42 Å². The van der Waals surface area contributed by atoms with Crippen LogP contribution in [0, 0.1) is 0 Å². The van der Waals surface area contributed by atoms with Crippen LogP contribution in [0.25, 0.3) is 11.8 Å². The second kappa shape index (κ2) is 8.45. The maximum Gasteiger partial charge on any atom is 0.276 e. The first-order valence-electron chi connectivity index (χ1n) is 9.63. The van der Waals surface area contributed by atoms with Gasteiger partial charge in [-0.1, -0.05) is 53.7 Å². The van der Waals surface area contributed by atoms with Crippen LogP contribution in [0.4, 0.5) is 0 Å². The highest BCUT2D eigenvalue weighted by molar-refractivity contribution is 8.13. The third-order valence-corrected chi connectivity index (χ3v) is 6.00. The highest BCUT2D eigenvalue weighted by Crippen LogP contribution is 2.24. The maximum atomic E-state index is 13.1. The number of hydrazone groups is 1. The van der Waals surface area contributed by atoms with Gasteiger partial charge >= 0.3 is 0 Å². The Morgan fingerprint density at radius 2 is 1.97 bits per heavy atom. The number of hydrogen-bond donors (Lipinski definition) is 1. The van der Waals surface area contributed by atoms with Crippen LogP contribution in [-0.4, -0.2) is 22.2 Å².